The Kier molecular flexibility index (Phi) is 9.00. The van der Waals surface area contributed by atoms with Gasteiger partial charge in [-0.2, -0.15) is 0 Å². The van der Waals surface area contributed by atoms with Crippen LogP contribution in [0.5, 0.6) is 5.75 Å². The van der Waals surface area contributed by atoms with Crippen molar-refractivity contribution in [3.8, 4) is 5.75 Å². The van der Waals surface area contributed by atoms with E-state index in [1.54, 1.807) is 0 Å². The molecule has 1 aromatic carbocycles. The number of carbonyl (C=O) groups excluding carboxylic acids is 3. The third-order valence-corrected chi connectivity index (χ3v) is 3.13. The van der Waals surface area contributed by atoms with Gasteiger partial charge in [-0.3, -0.25) is 10.1 Å². The molecule has 0 saturated carbocycles. The van der Waals surface area contributed by atoms with Crippen LogP contribution in [-0.2, 0) is 14.3 Å². The van der Waals surface area contributed by atoms with Gasteiger partial charge in [-0.1, -0.05) is 26.0 Å². The summed E-state index contributed by atoms with van der Waals surface area (Å²) in [7, 11) is 0. The molecule has 0 aliphatic heterocycles. The molecule has 0 heterocycles. The number of halogens is 3. The van der Waals surface area contributed by atoms with E-state index in [-0.39, 0.29) is 0 Å². The number of amides is 3. The second kappa shape index (κ2) is 11.0. The molecule has 1 rings (SSSR count). The van der Waals surface area contributed by atoms with E-state index in [1.807, 2.05) is 19.2 Å². The molecule has 7 nitrogen and oxygen atoms in total. The molecule has 0 spiro atoms. The number of alkyl halides is 3. The topological polar surface area (TPSA) is 93.7 Å². The molecule has 3 amide bonds. The number of rotatable bonds is 8. The fourth-order valence-corrected chi connectivity index (χ4v) is 1.81. The van der Waals surface area contributed by atoms with Gasteiger partial charge in [0, 0.05) is 12.6 Å². The van der Waals surface area contributed by atoms with Crippen LogP contribution in [-0.4, -0.2) is 37.4 Å². The Morgan fingerprint density at radius 2 is 1.79 bits per heavy atom. The molecule has 0 fully saturated rings. The fraction of sp³-hybridized carbons (Fsp3) is 0.389. The van der Waals surface area contributed by atoms with Crippen molar-refractivity contribution in [1.29, 1.82) is 0 Å². The Bertz CT molecular complexity index is 700. The lowest BCUT2D eigenvalue weighted by Crippen LogP contribution is -2.41. The largest absolute Gasteiger partial charge is 0.573 e. The van der Waals surface area contributed by atoms with Crippen LogP contribution in [0.15, 0.2) is 30.3 Å². The maximum absolute atomic E-state index is 12.1. The number of esters is 1. The summed E-state index contributed by atoms with van der Waals surface area (Å²) in [5, 5.41) is 4.50. The zero-order chi connectivity index (χ0) is 21.2. The molecule has 0 atom stereocenters. The van der Waals surface area contributed by atoms with Crippen molar-refractivity contribution in [2.24, 2.45) is 5.92 Å². The van der Waals surface area contributed by atoms with E-state index in [0.29, 0.717) is 18.0 Å². The maximum Gasteiger partial charge on any atom is 0.573 e. The number of urea groups is 1. The first-order valence-corrected chi connectivity index (χ1v) is 8.33. The van der Waals surface area contributed by atoms with E-state index < -0.39 is 36.6 Å². The predicted octanol–water partition coefficient (Wildman–Crippen LogP) is 3.01. The first-order valence-electron chi connectivity index (χ1n) is 8.33. The van der Waals surface area contributed by atoms with E-state index in [1.165, 1.54) is 18.2 Å². The highest BCUT2D eigenvalue weighted by Gasteiger charge is 2.30. The van der Waals surface area contributed by atoms with Gasteiger partial charge >= 0.3 is 18.4 Å². The molecule has 0 radical (unpaired) electrons. The Morgan fingerprint density at radius 1 is 1.14 bits per heavy atom. The Balaban J connectivity index is 2.35. The molecule has 0 saturated heterocycles. The minimum Gasteiger partial charge on any atom is -0.452 e. The minimum absolute atomic E-state index is 0.393. The van der Waals surface area contributed by atoms with Gasteiger partial charge in [0.25, 0.3) is 5.91 Å². The average molecular weight is 402 g/mol. The van der Waals surface area contributed by atoms with Crippen molar-refractivity contribution in [3.05, 3.63) is 35.9 Å². The van der Waals surface area contributed by atoms with Crippen LogP contribution in [0.25, 0.3) is 6.08 Å². The van der Waals surface area contributed by atoms with Gasteiger partial charge in [-0.05, 0) is 36.1 Å². The molecule has 1 aromatic rings. The molecule has 0 aliphatic carbocycles. The average Bonchev–Trinajstić information content (AvgIpc) is 2.57. The van der Waals surface area contributed by atoms with Crippen molar-refractivity contribution in [2.45, 2.75) is 26.6 Å². The van der Waals surface area contributed by atoms with Gasteiger partial charge in [0.1, 0.15) is 5.75 Å². The van der Waals surface area contributed by atoms with Crippen LogP contribution in [0.2, 0.25) is 0 Å². The van der Waals surface area contributed by atoms with Gasteiger partial charge in [0.15, 0.2) is 6.61 Å². The zero-order valence-electron chi connectivity index (χ0n) is 15.3. The normalized spacial score (nSPS) is 11.4. The van der Waals surface area contributed by atoms with Gasteiger partial charge in [-0.15, -0.1) is 13.2 Å². The summed E-state index contributed by atoms with van der Waals surface area (Å²) in [6.45, 7) is 3.73. The SMILES string of the molecule is CC(C)CCNC(=O)NC(=O)COC(=O)/C=C/c1ccc(OC(F)(F)F)cc1. The summed E-state index contributed by atoms with van der Waals surface area (Å²) < 4.78 is 44.6. The minimum atomic E-state index is -4.78. The second-order valence-electron chi connectivity index (χ2n) is 6.04. The lowest BCUT2D eigenvalue weighted by molar-refractivity contribution is -0.274. The summed E-state index contributed by atoms with van der Waals surface area (Å²) in [5.74, 6) is -1.64. The van der Waals surface area contributed by atoms with E-state index in [4.69, 9.17) is 0 Å². The number of imide groups is 1. The maximum atomic E-state index is 12.1. The molecule has 0 aliphatic rings. The van der Waals surface area contributed by atoms with E-state index in [2.05, 4.69) is 14.8 Å². The van der Waals surface area contributed by atoms with E-state index >= 15 is 0 Å². The number of hydrogen-bond acceptors (Lipinski definition) is 5. The quantitative estimate of drug-likeness (QED) is 0.515. The third-order valence-electron chi connectivity index (χ3n) is 3.13. The van der Waals surface area contributed by atoms with Crippen molar-refractivity contribution >= 4 is 24.0 Å². The Labute approximate surface area is 159 Å². The van der Waals surface area contributed by atoms with Crippen LogP contribution in [0.1, 0.15) is 25.8 Å². The van der Waals surface area contributed by atoms with E-state index in [9.17, 15) is 27.6 Å². The highest BCUT2D eigenvalue weighted by atomic mass is 19.4. The highest BCUT2D eigenvalue weighted by Crippen LogP contribution is 2.22. The number of benzene rings is 1. The van der Waals surface area contributed by atoms with Crippen molar-refractivity contribution < 1.29 is 37.0 Å². The van der Waals surface area contributed by atoms with Gasteiger partial charge in [0.2, 0.25) is 0 Å². The van der Waals surface area contributed by atoms with Gasteiger partial charge < -0.3 is 14.8 Å². The van der Waals surface area contributed by atoms with Crippen LogP contribution in [0.4, 0.5) is 18.0 Å². The molecule has 154 valence electrons. The summed E-state index contributed by atoms with van der Waals surface area (Å²) in [6, 6.07) is 4.10. The van der Waals surface area contributed by atoms with Crippen LogP contribution in [0.3, 0.4) is 0 Å². The highest BCUT2D eigenvalue weighted by molar-refractivity contribution is 5.96. The summed E-state index contributed by atoms with van der Waals surface area (Å²) in [6.07, 6.45) is -1.75. The lowest BCUT2D eigenvalue weighted by Gasteiger charge is -2.08. The van der Waals surface area contributed by atoms with Gasteiger partial charge in [-0.25, -0.2) is 9.59 Å². The van der Waals surface area contributed by atoms with E-state index in [0.717, 1.165) is 24.6 Å². The fourth-order valence-electron chi connectivity index (χ4n) is 1.81. The monoisotopic (exact) mass is 402 g/mol. The molecule has 28 heavy (non-hydrogen) atoms. The Hall–Kier alpha value is -3.04. The summed E-state index contributed by atoms with van der Waals surface area (Å²) >= 11 is 0. The molecular formula is C18H21F3N2O5. The number of hydrogen-bond donors (Lipinski definition) is 2. The molecule has 2 N–H and O–H groups in total. The standard InChI is InChI=1S/C18H21F3N2O5/c1-12(2)9-10-22-17(26)23-15(24)11-27-16(25)8-5-13-3-6-14(7-4-13)28-18(19,20)21/h3-8,12H,9-11H2,1-2H3,(H2,22,23,24,26)/b8-5+. The molecule has 0 bridgehead atoms. The van der Waals surface area contributed by atoms with Crippen LogP contribution >= 0.6 is 0 Å². The zero-order valence-corrected chi connectivity index (χ0v) is 15.3. The first kappa shape index (κ1) is 23.0. The first-order chi connectivity index (χ1) is 13.0. The van der Waals surface area contributed by atoms with Crippen LogP contribution < -0.4 is 15.4 Å². The number of carbonyl (C=O) groups is 3. The smallest absolute Gasteiger partial charge is 0.452 e. The number of nitrogens with one attached hydrogen (secondary N) is 2. The molecule has 0 aromatic heterocycles. The third kappa shape index (κ3) is 10.8. The summed E-state index contributed by atoms with van der Waals surface area (Å²) in [4.78, 5) is 34.5. The van der Waals surface area contributed by atoms with Crippen molar-refractivity contribution in [2.75, 3.05) is 13.2 Å². The number of ether oxygens (including phenoxy) is 2. The Morgan fingerprint density at radius 3 is 2.36 bits per heavy atom. The molecular weight excluding hydrogens is 381 g/mol. The molecule has 10 heteroatoms. The van der Waals surface area contributed by atoms with Crippen molar-refractivity contribution in [3.63, 3.8) is 0 Å². The lowest BCUT2D eigenvalue weighted by atomic mass is 10.1. The molecule has 0 unspecified atom stereocenters. The van der Waals surface area contributed by atoms with Crippen molar-refractivity contribution in [1.82, 2.24) is 10.6 Å². The second-order valence-corrected chi connectivity index (χ2v) is 6.04. The summed E-state index contributed by atoms with van der Waals surface area (Å²) in [5.41, 5.74) is 0.417. The van der Waals surface area contributed by atoms with Crippen LogP contribution in [0, 0.1) is 5.92 Å². The van der Waals surface area contributed by atoms with Gasteiger partial charge in [0.05, 0.1) is 0 Å². The predicted molar refractivity (Wildman–Crippen MR) is 94.1 cm³/mol.